The van der Waals surface area contributed by atoms with Crippen molar-refractivity contribution < 1.29 is 23.1 Å². The molecule has 18 heavy (non-hydrogen) atoms. The summed E-state index contributed by atoms with van der Waals surface area (Å²) < 4.78 is 26.9. The van der Waals surface area contributed by atoms with Crippen LogP contribution in [-0.4, -0.2) is 25.6 Å². The van der Waals surface area contributed by atoms with Gasteiger partial charge in [0.1, 0.15) is 11.5 Å². The summed E-state index contributed by atoms with van der Waals surface area (Å²) in [5, 5.41) is 2.49. The molecule has 0 aliphatic carbocycles. The van der Waals surface area contributed by atoms with Gasteiger partial charge in [0.15, 0.2) is 0 Å². The lowest BCUT2D eigenvalue weighted by Crippen LogP contribution is -2.35. The minimum atomic E-state index is -3.23. The molecule has 1 N–H and O–H groups in total. The molecule has 1 aliphatic rings. The van der Waals surface area contributed by atoms with Crippen molar-refractivity contribution in [1.29, 1.82) is 0 Å². The smallest absolute Gasteiger partial charge is 0.410 e. The van der Waals surface area contributed by atoms with Crippen LogP contribution >= 0.6 is 7.60 Å². The van der Waals surface area contributed by atoms with E-state index in [4.69, 9.17) is 13.8 Å². The van der Waals surface area contributed by atoms with Gasteiger partial charge in [-0.3, -0.25) is 4.57 Å². The maximum absolute atomic E-state index is 12.0. The van der Waals surface area contributed by atoms with Crippen LogP contribution in [0.2, 0.25) is 0 Å². The Bertz CT molecular complexity index is 464. The third kappa shape index (κ3) is 2.90. The molecule has 0 aromatic heterocycles. The molecule has 0 radical (unpaired) electrons. The Morgan fingerprint density at radius 1 is 1.44 bits per heavy atom. The lowest BCUT2D eigenvalue weighted by atomic mass is 10.3. The summed E-state index contributed by atoms with van der Waals surface area (Å²) in [4.78, 5) is 11.6. The first-order chi connectivity index (χ1) is 8.64. The van der Waals surface area contributed by atoms with E-state index in [-0.39, 0.29) is 0 Å². The average Bonchev–Trinajstić information content (AvgIpc) is 2.73. The zero-order chi connectivity index (χ0) is 13.0. The molecule has 0 saturated carbocycles. The van der Waals surface area contributed by atoms with E-state index in [0.717, 1.165) is 0 Å². The molecular formula is C11H14NO5P. The summed E-state index contributed by atoms with van der Waals surface area (Å²) in [7, 11) is -1.94. The van der Waals surface area contributed by atoms with Gasteiger partial charge in [-0.05, 0) is 12.1 Å². The van der Waals surface area contributed by atoms with Crippen molar-refractivity contribution in [2.45, 2.75) is 12.2 Å². The van der Waals surface area contributed by atoms with Gasteiger partial charge in [-0.1, -0.05) is 18.2 Å². The molecule has 0 spiro atoms. The molecule has 0 unspecified atom stereocenters. The Morgan fingerprint density at radius 3 is 2.83 bits per heavy atom. The summed E-state index contributed by atoms with van der Waals surface area (Å²) in [6.45, 7) is 0.293. The predicted molar refractivity (Wildman–Crippen MR) is 64.6 cm³/mol. The minimum absolute atomic E-state index is 0.293. The first-order valence-electron chi connectivity index (χ1n) is 5.47. The highest BCUT2D eigenvalue weighted by molar-refractivity contribution is 7.54. The second kappa shape index (κ2) is 5.52. The molecule has 1 aromatic rings. The summed E-state index contributed by atoms with van der Waals surface area (Å²) in [6, 6.07) is 8.62. The van der Waals surface area contributed by atoms with Gasteiger partial charge in [-0.25, -0.2) is 4.79 Å². The van der Waals surface area contributed by atoms with Crippen molar-refractivity contribution in [3.05, 3.63) is 30.3 Å². The normalized spacial score (nSPS) is 26.8. The van der Waals surface area contributed by atoms with Crippen molar-refractivity contribution in [1.82, 2.24) is 5.32 Å². The van der Waals surface area contributed by atoms with Crippen LogP contribution < -0.4 is 10.1 Å². The van der Waals surface area contributed by atoms with Gasteiger partial charge in [-0.15, -0.1) is 0 Å². The van der Waals surface area contributed by atoms with Crippen molar-refractivity contribution in [2.24, 2.45) is 0 Å². The number of ether oxygens (including phenoxy) is 1. The van der Waals surface area contributed by atoms with Crippen LogP contribution in [-0.2, 0) is 13.6 Å². The molecule has 1 fully saturated rings. The predicted octanol–water partition coefficient (Wildman–Crippen LogP) is 2.36. The molecule has 1 aliphatic heterocycles. The maximum Gasteiger partial charge on any atom is 0.413 e. The van der Waals surface area contributed by atoms with Crippen molar-refractivity contribution in [3.8, 4) is 5.75 Å². The van der Waals surface area contributed by atoms with Crippen LogP contribution in [0.15, 0.2) is 30.3 Å². The first kappa shape index (κ1) is 13.1. The molecule has 0 bridgehead atoms. The van der Waals surface area contributed by atoms with Crippen molar-refractivity contribution in [3.63, 3.8) is 0 Å². The number of hydrogen-bond donors (Lipinski definition) is 1. The lowest BCUT2D eigenvalue weighted by Gasteiger charge is -2.17. The Labute approximate surface area is 105 Å². The molecule has 1 saturated heterocycles. The number of carbonyl (C=O) groups is 1. The Hall–Kier alpha value is -1.36. The number of carbonyl (C=O) groups excluding carboxylic acids is 1. The van der Waals surface area contributed by atoms with Gasteiger partial charge in [-0.2, -0.15) is 0 Å². The van der Waals surface area contributed by atoms with E-state index in [1.807, 2.05) is 6.07 Å². The van der Waals surface area contributed by atoms with Gasteiger partial charge in [0, 0.05) is 13.5 Å². The number of benzene rings is 1. The van der Waals surface area contributed by atoms with Crippen LogP contribution in [0, 0.1) is 0 Å². The number of rotatable bonds is 3. The maximum atomic E-state index is 12.0. The fourth-order valence-corrected chi connectivity index (χ4v) is 3.22. The van der Waals surface area contributed by atoms with Gasteiger partial charge < -0.3 is 19.1 Å². The molecule has 98 valence electrons. The SMILES string of the molecule is CO[P@@]1(=O)OCC[C@@H]1NC(=O)Oc1ccccc1. The van der Waals surface area contributed by atoms with E-state index < -0.39 is 19.5 Å². The minimum Gasteiger partial charge on any atom is -0.410 e. The quantitative estimate of drug-likeness (QED) is 0.854. The third-order valence-electron chi connectivity index (χ3n) is 2.54. The monoisotopic (exact) mass is 271 g/mol. The van der Waals surface area contributed by atoms with Crippen molar-refractivity contribution in [2.75, 3.05) is 13.7 Å². The average molecular weight is 271 g/mol. The van der Waals surface area contributed by atoms with Gasteiger partial charge in [0.2, 0.25) is 0 Å². The number of para-hydroxylation sites is 1. The van der Waals surface area contributed by atoms with Crippen LogP contribution in [0.4, 0.5) is 4.79 Å². The number of nitrogens with one attached hydrogen (secondary N) is 1. The summed E-state index contributed by atoms with van der Waals surface area (Å²) in [6.07, 6.45) is -0.233. The second-order valence-electron chi connectivity index (χ2n) is 3.71. The molecule has 1 heterocycles. The van der Waals surface area contributed by atoms with Crippen LogP contribution in [0.1, 0.15) is 6.42 Å². The molecule has 2 rings (SSSR count). The zero-order valence-electron chi connectivity index (χ0n) is 9.87. The number of hydrogen-bond acceptors (Lipinski definition) is 5. The van der Waals surface area contributed by atoms with E-state index in [0.29, 0.717) is 18.8 Å². The molecule has 7 heteroatoms. The summed E-state index contributed by atoms with van der Waals surface area (Å²) in [5.41, 5.74) is 0. The van der Waals surface area contributed by atoms with Gasteiger partial charge in [0.25, 0.3) is 0 Å². The molecule has 1 amide bonds. The number of amides is 1. The zero-order valence-corrected chi connectivity index (χ0v) is 10.8. The standard InChI is InChI=1S/C11H14NO5P/c1-15-18(14)10(7-8-16-18)12-11(13)17-9-5-3-2-4-6-9/h2-6,10H,7-8H2,1H3,(H,12,13)/t10-,18-/m1/s1. The van der Waals surface area contributed by atoms with Crippen molar-refractivity contribution >= 4 is 13.7 Å². The first-order valence-corrected chi connectivity index (χ1v) is 7.08. The Morgan fingerprint density at radius 2 is 2.17 bits per heavy atom. The highest BCUT2D eigenvalue weighted by Crippen LogP contribution is 2.56. The highest BCUT2D eigenvalue weighted by Gasteiger charge is 2.41. The fourth-order valence-electron chi connectivity index (χ4n) is 1.63. The lowest BCUT2D eigenvalue weighted by molar-refractivity contribution is 0.198. The van der Waals surface area contributed by atoms with Gasteiger partial charge in [0.05, 0.1) is 6.61 Å². The largest absolute Gasteiger partial charge is 0.413 e. The molecule has 2 atom stereocenters. The topological polar surface area (TPSA) is 73.9 Å². The highest BCUT2D eigenvalue weighted by atomic mass is 31.2. The fraction of sp³-hybridized carbons (Fsp3) is 0.364. The third-order valence-corrected chi connectivity index (χ3v) is 4.74. The molecular weight excluding hydrogens is 257 g/mol. The van der Waals surface area contributed by atoms with Crippen LogP contribution in [0.25, 0.3) is 0 Å². The van der Waals surface area contributed by atoms with E-state index in [9.17, 15) is 9.36 Å². The molecule has 1 aromatic carbocycles. The summed E-state index contributed by atoms with van der Waals surface area (Å²) >= 11 is 0. The Balaban J connectivity index is 1.94. The van der Waals surface area contributed by atoms with Crippen LogP contribution in [0.3, 0.4) is 0 Å². The second-order valence-corrected chi connectivity index (χ2v) is 6.03. The van der Waals surface area contributed by atoms with Gasteiger partial charge >= 0.3 is 13.7 Å². The van der Waals surface area contributed by atoms with E-state index in [2.05, 4.69) is 5.32 Å². The van der Waals surface area contributed by atoms with Crippen LogP contribution in [0.5, 0.6) is 5.75 Å². The Kier molecular flexibility index (Phi) is 4.01. The van der Waals surface area contributed by atoms with E-state index in [1.54, 1.807) is 24.3 Å². The summed E-state index contributed by atoms with van der Waals surface area (Å²) in [5.74, 6) is -0.236. The molecule has 6 nitrogen and oxygen atoms in total. The van der Waals surface area contributed by atoms with E-state index >= 15 is 0 Å². The van der Waals surface area contributed by atoms with E-state index in [1.165, 1.54) is 7.11 Å².